The Balaban J connectivity index is 2.12. The van der Waals surface area contributed by atoms with Crippen LogP contribution in [0.5, 0.6) is 11.5 Å². The molecule has 1 atom stereocenters. The van der Waals surface area contributed by atoms with Crippen molar-refractivity contribution >= 4 is 0 Å². The Kier molecular flexibility index (Phi) is 4.89. The molecule has 4 heteroatoms. The van der Waals surface area contributed by atoms with Crippen molar-refractivity contribution < 1.29 is 9.47 Å². The number of hydrogen-bond acceptors (Lipinski definition) is 4. The van der Waals surface area contributed by atoms with Gasteiger partial charge in [-0.1, -0.05) is 6.07 Å². The van der Waals surface area contributed by atoms with E-state index in [-0.39, 0.29) is 5.66 Å². The molecule has 0 bridgehead atoms. The molecule has 112 valence electrons. The molecule has 1 saturated heterocycles. The van der Waals surface area contributed by atoms with E-state index in [1.807, 2.05) is 19.1 Å². The zero-order chi connectivity index (χ0) is 14.6. The third-order valence-electron chi connectivity index (χ3n) is 3.92. The Morgan fingerprint density at radius 1 is 1.25 bits per heavy atom. The summed E-state index contributed by atoms with van der Waals surface area (Å²) in [5.74, 6) is 1.57. The third kappa shape index (κ3) is 3.44. The number of nitrogens with two attached hydrogens (primary N) is 1. The molecule has 1 heterocycles. The highest BCUT2D eigenvalue weighted by molar-refractivity contribution is 5.43. The van der Waals surface area contributed by atoms with Crippen molar-refractivity contribution in [3.05, 3.63) is 23.8 Å². The van der Waals surface area contributed by atoms with E-state index in [0.29, 0.717) is 6.61 Å². The normalized spacial score (nSPS) is 18.8. The second kappa shape index (κ2) is 6.46. The SMILES string of the molecule is CCOc1ccc(CC(C)(N)N2CCCC2)cc1OC. The molecule has 0 amide bonds. The summed E-state index contributed by atoms with van der Waals surface area (Å²) in [4.78, 5) is 2.37. The lowest BCUT2D eigenvalue weighted by Crippen LogP contribution is -2.53. The zero-order valence-corrected chi connectivity index (χ0v) is 12.8. The van der Waals surface area contributed by atoms with Crippen LogP contribution in [0.2, 0.25) is 0 Å². The van der Waals surface area contributed by atoms with Crippen molar-refractivity contribution in [1.29, 1.82) is 0 Å². The molecule has 0 spiro atoms. The average molecular weight is 278 g/mol. The molecule has 1 unspecified atom stereocenters. The number of methoxy groups -OCH3 is 1. The maximum Gasteiger partial charge on any atom is 0.161 e. The summed E-state index contributed by atoms with van der Waals surface area (Å²) in [7, 11) is 1.67. The second-order valence-corrected chi connectivity index (χ2v) is 5.65. The summed E-state index contributed by atoms with van der Waals surface area (Å²) < 4.78 is 10.9. The topological polar surface area (TPSA) is 47.7 Å². The average Bonchev–Trinajstić information content (AvgIpc) is 2.95. The van der Waals surface area contributed by atoms with Crippen molar-refractivity contribution in [2.75, 3.05) is 26.8 Å². The van der Waals surface area contributed by atoms with Crippen LogP contribution >= 0.6 is 0 Å². The summed E-state index contributed by atoms with van der Waals surface area (Å²) in [6.07, 6.45) is 3.31. The molecule has 0 aliphatic carbocycles. The van der Waals surface area contributed by atoms with E-state index < -0.39 is 0 Å². The Morgan fingerprint density at radius 3 is 2.55 bits per heavy atom. The number of nitrogens with zero attached hydrogens (tertiary/aromatic N) is 1. The minimum absolute atomic E-state index is 0.297. The fourth-order valence-corrected chi connectivity index (χ4v) is 2.85. The highest BCUT2D eigenvalue weighted by Crippen LogP contribution is 2.30. The fourth-order valence-electron chi connectivity index (χ4n) is 2.85. The molecule has 1 aliphatic rings. The van der Waals surface area contributed by atoms with Gasteiger partial charge in [0, 0.05) is 6.42 Å². The van der Waals surface area contributed by atoms with Crippen molar-refractivity contribution in [1.82, 2.24) is 4.90 Å². The standard InChI is InChI=1S/C16H26N2O2/c1-4-20-14-8-7-13(11-15(14)19-3)12-16(2,17)18-9-5-6-10-18/h7-8,11H,4-6,9-10,12,17H2,1-3H3. The van der Waals surface area contributed by atoms with Crippen LogP contribution in [0, 0.1) is 0 Å². The first-order valence-corrected chi connectivity index (χ1v) is 7.40. The monoisotopic (exact) mass is 278 g/mol. The maximum absolute atomic E-state index is 6.50. The molecular formula is C16H26N2O2. The summed E-state index contributed by atoms with van der Waals surface area (Å²) in [6.45, 7) is 6.92. The Labute approximate surface area is 121 Å². The zero-order valence-electron chi connectivity index (χ0n) is 12.8. The van der Waals surface area contributed by atoms with Gasteiger partial charge < -0.3 is 15.2 Å². The van der Waals surface area contributed by atoms with Gasteiger partial charge in [-0.3, -0.25) is 4.90 Å². The molecule has 0 saturated carbocycles. The first-order chi connectivity index (χ1) is 9.56. The smallest absolute Gasteiger partial charge is 0.161 e. The van der Waals surface area contributed by atoms with Gasteiger partial charge in [0.1, 0.15) is 0 Å². The lowest BCUT2D eigenvalue weighted by Gasteiger charge is -2.35. The quantitative estimate of drug-likeness (QED) is 0.868. The van der Waals surface area contributed by atoms with Crippen molar-refractivity contribution in [2.45, 2.75) is 38.8 Å². The van der Waals surface area contributed by atoms with Gasteiger partial charge in [0.2, 0.25) is 0 Å². The van der Waals surface area contributed by atoms with Crippen LogP contribution in [-0.4, -0.2) is 37.4 Å². The van der Waals surface area contributed by atoms with E-state index in [1.165, 1.54) is 18.4 Å². The summed E-state index contributed by atoms with van der Waals surface area (Å²) >= 11 is 0. The number of benzene rings is 1. The predicted octanol–water partition coefficient (Wildman–Crippen LogP) is 2.41. The molecule has 0 radical (unpaired) electrons. The molecule has 1 aromatic rings. The van der Waals surface area contributed by atoms with Gasteiger partial charge in [0.15, 0.2) is 11.5 Å². The first kappa shape index (κ1) is 15.1. The maximum atomic E-state index is 6.50. The Morgan fingerprint density at radius 2 is 1.95 bits per heavy atom. The van der Waals surface area contributed by atoms with Crippen LogP contribution in [0.25, 0.3) is 0 Å². The second-order valence-electron chi connectivity index (χ2n) is 5.65. The molecule has 1 aliphatic heterocycles. The lowest BCUT2D eigenvalue weighted by molar-refractivity contribution is 0.141. The molecule has 2 N–H and O–H groups in total. The summed E-state index contributed by atoms with van der Waals surface area (Å²) in [5, 5.41) is 0. The molecule has 2 rings (SSSR count). The van der Waals surface area contributed by atoms with E-state index in [0.717, 1.165) is 31.0 Å². The molecule has 1 aromatic carbocycles. The van der Waals surface area contributed by atoms with Gasteiger partial charge in [-0.25, -0.2) is 0 Å². The van der Waals surface area contributed by atoms with Crippen LogP contribution in [0.3, 0.4) is 0 Å². The van der Waals surface area contributed by atoms with E-state index in [1.54, 1.807) is 7.11 Å². The lowest BCUT2D eigenvalue weighted by atomic mass is 10.00. The van der Waals surface area contributed by atoms with Crippen molar-refractivity contribution in [3.63, 3.8) is 0 Å². The van der Waals surface area contributed by atoms with Gasteiger partial charge in [-0.05, 0) is 57.5 Å². The highest BCUT2D eigenvalue weighted by Gasteiger charge is 2.29. The van der Waals surface area contributed by atoms with Gasteiger partial charge in [0.05, 0.1) is 19.4 Å². The van der Waals surface area contributed by atoms with Gasteiger partial charge in [-0.15, -0.1) is 0 Å². The number of rotatable bonds is 6. The largest absolute Gasteiger partial charge is 0.493 e. The van der Waals surface area contributed by atoms with Crippen LogP contribution < -0.4 is 15.2 Å². The number of hydrogen-bond donors (Lipinski definition) is 1. The summed E-state index contributed by atoms with van der Waals surface area (Å²) in [6, 6.07) is 6.08. The van der Waals surface area contributed by atoms with Crippen LogP contribution in [-0.2, 0) is 6.42 Å². The molecule has 20 heavy (non-hydrogen) atoms. The molecule has 4 nitrogen and oxygen atoms in total. The molecule has 0 aromatic heterocycles. The van der Waals surface area contributed by atoms with E-state index >= 15 is 0 Å². The van der Waals surface area contributed by atoms with E-state index in [4.69, 9.17) is 15.2 Å². The Hall–Kier alpha value is -1.26. The highest BCUT2D eigenvalue weighted by atomic mass is 16.5. The molecule has 1 fully saturated rings. The van der Waals surface area contributed by atoms with Gasteiger partial charge >= 0.3 is 0 Å². The minimum atomic E-state index is -0.297. The predicted molar refractivity (Wildman–Crippen MR) is 81.3 cm³/mol. The van der Waals surface area contributed by atoms with Crippen molar-refractivity contribution in [2.24, 2.45) is 5.73 Å². The van der Waals surface area contributed by atoms with Crippen molar-refractivity contribution in [3.8, 4) is 11.5 Å². The van der Waals surface area contributed by atoms with Crippen LogP contribution in [0.1, 0.15) is 32.3 Å². The fraction of sp³-hybridized carbons (Fsp3) is 0.625. The van der Waals surface area contributed by atoms with E-state index in [2.05, 4.69) is 17.9 Å². The minimum Gasteiger partial charge on any atom is -0.493 e. The Bertz CT molecular complexity index is 440. The number of likely N-dealkylation sites (tertiary alicyclic amines) is 1. The molecular weight excluding hydrogens is 252 g/mol. The van der Waals surface area contributed by atoms with E-state index in [9.17, 15) is 0 Å². The van der Waals surface area contributed by atoms with Crippen LogP contribution in [0.15, 0.2) is 18.2 Å². The number of ether oxygens (including phenoxy) is 2. The van der Waals surface area contributed by atoms with Crippen LogP contribution in [0.4, 0.5) is 0 Å². The van der Waals surface area contributed by atoms with Gasteiger partial charge in [-0.2, -0.15) is 0 Å². The third-order valence-corrected chi connectivity index (χ3v) is 3.92. The first-order valence-electron chi connectivity index (χ1n) is 7.40. The summed E-state index contributed by atoms with van der Waals surface area (Å²) in [5.41, 5.74) is 7.38. The van der Waals surface area contributed by atoms with Gasteiger partial charge in [0.25, 0.3) is 0 Å².